The summed E-state index contributed by atoms with van der Waals surface area (Å²) in [6.45, 7) is 7.19. The summed E-state index contributed by atoms with van der Waals surface area (Å²) in [5, 5.41) is 18.9. The van der Waals surface area contributed by atoms with Crippen LogP contribution < -0.4 is 0 Å². The number of carboxylic acids is 1. The number of hydrogen-bond donors (Lipinski definition) is 2. The van der Waals surface area contributed by atoms with Gasteiger partial charge in [-0.3, -0.25) is 4.90 Å². The number of piperidine rings is 1. The number of hydrogen-bond acceptors (Lipinski definition) is 3. The Balaban J connectivity index is 2.09. The zero-order valence-electron chi connectivity index (χ0n) is 12.9. The van der Waals surface area contributed by atoms with Gasteiger partial charge in [0.2, 0.25) is 0 Å². The molecule has 0 amide bonds. The molecule has 0 bridgehead atoms. The smallest absolute Gasteiger partial charge is 0.335 e. The standard InChI is InChI=1S/C17H25NO3/c1-13(2)17(12-19)7-4-8-18(11-17)10-14-5-3-6-15(9-14)16(20)21/h3,5-6,9,13,19H,4,7-8,10-12H2,1-2H3,(H,20,21). The zero-order chi connectivity index (χ0) is 15.5. The molecule has 1 heterocycles. The van der Waals surface area contributed by atoms with Gasteiger partial charge in [-0.15, -0.1) is 0 Å². The minimum Gasteiger partial charge on any atom is -0.478 e. The Morgan fingerprint density at radius 2 is 2.19 bits per heavy atom. The average molecular weight is 291 g/mol. The van der Waals surface area contributed by atoms with Crippen LogP contribution >= 0.6 is 0 Å². The Kier molecular flexibility index (Phi) is 5.01. The summed E-state index contributed by atoms with van der Waals surface area (Å²) in [6, 6.07) is 7.13. The first kappa shape index (κ1) is 16.0. The number of aliphatic hydroxyl groups is 1. The number of carboxylic acid groups (broad SMARTS) is 1. The Morgan fingerprint density at radius 3 is 2.81 bits per heavy atom. The van der Waals surface area contributed by atoms with Crippen molar-refractivity contribution in [3.63, 3.8) is 0 Å². The normalized spacial score (nSPS) is 23.4. The summed E-state index contributed by atoms with van der Waals surface area (Å²) >= 11 is 0. The van der Waals surface area contributed by atoms with Crippen molar-refractivity contribution < 1.29 is 15.0 Å². The van der Waals surface area contributed by atoms with Gasteiger partial charge >= 0.3 is 5.97 Å². The molecule has 116 valence electrons. The van der Waals surface area contributed by atoms with E-state index in [0.717, 1.165) is 38.0 Å². The van der Waals surface area contributed by atoms with Gasteiger partial charge in [-0.25, -0.2) is 4.79 Å². The first-order valence-corrected chi connectivity index (χ1v) is 7.62. The van der Waals surface area contributed by atoms with Crippen molar-refractivity contribution in [3.05, 3.63) is 35.4 Å². The SMILES string of the molecule is CC(C)C1(CO)CCCN(Cc2cccc(C(=O)O)c2)C1. The molecule has 4 heteroatoms. The summed E-state index contributed by atoms with van der Waals surface area (Å²) < 4.78 is 0. The molecule has 2 N–H and O–H groups in total. The van der Waals surface area contributed by atoms with Crippen molar-refractivity contribution in [1.82, 2.24) is 4.90 Å². The zero-order valence-corrected chi connectivity index (χ0v) is 12.9. The molecule has 4 nitrogen and oxygen atoms in total. The molecule has 1 aromatic rings. The van der Waals surface area contributed by atoms with Crippen LogP contribution in [-0.2, 0) is 6.54 Å². The molecular weight excluding hydrogens is 266 g/mol. The molecule has 0 aromatic heterocycles. The molecule has 0 saturated carbocycles. The molecule has 1 fully saturated rings. The molecule has 0 radical (unpaired) electrons. The molecule has 1 saturated heterocycles. The van der Waals surface area contributed by atoms with Gasteiger partial charge in [-0.05, 0) is 43.0 Å². The summed E-state index contributed by atoms with van der Waals surface area (Å²) in [6.07, 6.45) is 2.14. The van der Waals surface area contributed by atoms with Gasteiger partial charge < -0.3 is 10.2 Å². The monoisotopic (exact) mass is 291 g/mol. The van der Waals surface area contributed by atoms with E-state index in [1.165, 1.54) is 0 Å². The third-order valence-electron chi connectivity index (χ3n) is 4.81. The Bertz CT molecular complexity index is 501. The Hall–Kier alpha value is -1.39. The molecule has 2 rings (SSSR count). The van der Waals surface area contributed by atoms with E-state index in [2.05, 4.69) is 18.7 Å². The highest BCUT2D eigenvalue weighted by Crippen LogP contribution is 2.37. The van der Waals surface area contributed by atoms with Crippen LogP contribution in [0.4, 0.5) is 0 Å². The summed E-state index contributed by atoms with van der Waals surface area (Å²) in [4.78, 5) is 13.4. The van der Waals surface area contributed by atoms with E-state index in [0.29, 0.717) is 11.5 Å². The Morgan fingerprint density at radius 1 is 1.43 bits per heavy atom. The van der Waals surface area contributed by atoms with E-state index in [9.17, 15) is 9.90 Å². The van der Waals surface area contributed by atoms with Crippen LogP contribution in [0.2, 0.25) is 0 Å². The quantitative estimate of drug-likeness (QED) is 0.875. The highest BCUT2D eigenvalue weighted by atomic mass is 16.4. The third-order valence-corrected chi connectivity index (χ3v) is 4.81. The number of aromatic carboxylic acids is 1. The summed E-state index contributed by atoms with van der Waals surface area (Å²) in [7, 11) is 0. The molecule has 1 aromatic carbocycles. The van der Waals surface area contributed by atoms with E-state index >= 15 is 0 Å². The molecule has 1 aliphatic rings. The number of likely N-dealkylation sites (tertiary alicyclic amines) is 1. The van der Waals surface area contributed by atoms with Gasteiger partial charge in [0.25, 0.3) is 0 Å². The highest BCUT2D eigenvalue weighted by Gasteiger charge is 2.37. The van der Waals surface area contributed by atoms with E-state index in [4.69, 9.17) is 5.11 Å². The fourth-order valence-electron chi connectivity index (χ4n) is 3.24. The van der Waals surface area contributed by atoms with E-state index in [1.54, 1.807) is 18.2 Å². The number of nitrogens with zero attached hydrogens (tertiary/aromatic N) is 1. The second kappa shape index (κ2) is 6.58. The van der Waals surface area contributed by atoms with Crippen molar-refractivity contribution in [2.24, 2.45) is 11.3 Å². The van der Waals surface area contributed by atoms with Crippen LogP contribution in [0.5, 0.6) is 0 Å². The van der Waals surface area contributed by atoms with Crippen LogP contribution in [0, 0.1) is 11.3 Å². The van der Waals surface area contributed by atoms with Crippen LogP contribution in [0.1, 0.15) is 42.6 Å². The lowest BCUT2D eigenvalue weighted by atomic mass is 9.72. The molecule has 1 unspecified atom stereocenters. The van der Waals surface area contributed by atoms with Crippen molar-refractivity contribution >= 4 is 5.97 Å². The molecule has 0 spiro atoms. The van der Waals surface area contributed by atoms with Crippen molar-refractivity contribution in [2.75, 3.05) is 19.7 Å². The van der Waals surface area contributed by atoms with E-state index < -0.39 is 5.97 Å². The predicted molar refractivity (Wildman–Crippen MR) is 82.3 cm³/mol. The van der Waals surface area contributed by atoms with Crippen LogP contribution in [-0.4, -0.2) is 40.8 Å². The van der Waals surface area contributed by atoms with E-state index in [-0.39, 0.29) is 12.0 Å². The van der Waals surface area contributed by atoms with Gasteiger partial charge in [-0.1, -0.05) is 26.0 Å². The number of benzene rings is 1. The predicted octanol–water partition coefficient (Wildman–Crippen LogP) is 2.62. The Labute approximate surface area is 126 Å². The third kappa shape index (κ3) is 3.63. The van der Waals surface area contributed by atoms with Crippen LogP contribution in [0.25, 0.3) is 0 Å². The largest absolute Gasteiger partial charge is 0.478 e. The first-order valence-electron chi connectivity index (χ1n) is 7.62. The fraction of sp³-hybridized carbons (Fsp3) is 0.588. The van der Waals surface area contributed by atoms with Crippen molar-refractivity contribution in [3.8, 4) is 0 Å². The molecular formula is C17H25NO3. The maximum absolute atomic E-state index is 11.0. The number of carbonyl (C=O) groups is 1. The minimum atomic E-state index is -0.887. The maximum Gasteiger partial charge on any atom is 0.335 e. The molecule has 0 aliphatic carbocycles. The lowest BCUT2D eigenvalue weighted by Crippen LogP contribution is -2.47. The fourth-order valence-corrected chi connectivity index (χ4v) is 3.24. The van der Waals surface area contributed by atoms with Crippen molar-refractivity contribution in [2.45, 2.75) is 33.2 Å². The lowest BCUT2D eigenvalue weighted by molar-refractivity contribution is -0.00586. The maximum atomic E-state index is 11.0. The second-order valence-electron chi connectivity index (χ2n) is 6.49. The minimum absolute atomic E-state index is 0.0251. The summed E-state index contributed by atoms with van der Waals surface area (Å²) in [5.41, 5.74) is 1.33. The second-order valence-corrected chi connectivity index (χ2v) is 6.49. The molecule has 21 heavy (non-hydrogen) atoms. The first-order chi connectivity index (χ1) is 9.97. The highest BCUT2D eigenvalue weighted by molar-refractivity contribution is 5.87. The average Bonchev–Trinajstić information content (AvgIpc) is 2.47. The van der Waals surface area contributed by atoms with E-state index in [1.807, 2.05) is 6.07 Å². The van der Waals surface area contributed by atoms with Crippen molar-refractivity contribution in [1.29, 1.82) is 0 Å². The van der Waals surface area contributed by atoms with Crippen LogP contribution in [0.15, 0.2) is 24.3 Å². The lowest BCUT2D eigenvalue weighted by Gasteiger charge is -2.44. The molecule has 1 aliphatic heterocycles. The number of aliphatic hydroxyl groups excluding tert-OH is 1. The van der Waals surface area contributed by atoms with Gasteiger partial charge in [0.05, 0.1) is 12.2 Å². The van der Waals surface area contributed by atoms with Gasteiger partial charge in [0.1, 0.15) is 0 Å². The van der Waals surface area contributed by atoms with Gasteiger partial charge in [-0.2, -0.15) is 0 Å². The van der Waals surface area contributed by atoms with Gasteiger partial charge in [0.15, 0.2) is 0 Å². The molecule has 1 atom stereocenters. The summed E-state index contributed by atoms with van der Waals surface area (Å²) in [5.74, 6) is -0.446. The van der Waals surface area contributed by atoms with Crippen LogP contribution in [0.3, 0.4) is 0 Å². The van der Waals surface area contributed by atoms with Gasteiger partial charge in [0, 0.05) is 18.5 Å². The number of rotatable bonds is 5. The topological polar surface area (TPSA) is 60.8 Å².